The Kier molecular flexibility index (Phi) is 5.66. The number of carbonyl (C=O) groups excluding carboxylic acids is 3. The van der Waals surface area contributed by atoms with Crippen molar-refractivity contribution >= 4 is 17.5 Å². The molecule has 0 amide bonds. The number of methoxy groups -OCH3 is 1. The first-order chi connectivity index (χ1) is 14.1. The first-order valence-electron chi connectivity index (χ1n) is 11.9. The second-order valence-electron chi connectivity index (χ2n) is 11.2. The quantitative estimate of drug-likeness (QED) is 0.699. The van der Waals surface area contributed by atoms with Gasteiger partial charge in [0.05, 0.1) is 13.2 Å². The van der Waals surface area contributed by atoms with Gasteiger partial charge in [-0.2, -0.15) is 0 Å². The summed E-state index contributed by atoms with van der Waals surface area (Å²) in [6.07, 6.45) is 5.95. The second-order valence-corrected chi connectivity index (χ2v) is 11.2. The van der Waals surface area contributed by atoms with E-state index < -0.39 is 6.10 Å². The fourth-order valence-electron chi connectivity index (χ4n) is 8.31. The van der Waals surface area contributed by atoms with Gasteiger partial charge >= 0.3 is 5.97 Å². The zero-order valence-electron chi connectivity index (χ0n) is 19.0. The van der Waals surface area contributed by atoms with E-state index in [1.807, 2.05) is 0 Å². The van der Waals surface area contributed by atoms with E-state index >= 15 is 0 Å². The molecular formula is C25H38O5. The highest BCUT2D eigenvalue weighted by Crippen LogP contribution is 2.67. The molecule has 0 spiro atoms. The summed E-state index contributed by atoms with van der Waals surface area (Å²) in [7, 11) is 1.42. The molecule has 30 heavy (non-hydrogen) atoms. The molecule has 5 nitrogen and oxygen atoms in total. The number of ketones is 2. The fourth-order valence-corrected chi connectivity index (χ4v) is 8.31. The minimum Gasteiger partial charge on any atom is -0.469 e. The lowest BCUT2D eigenvalue weighted by molar-refractivity contribution is -0.178. The Morgan fingerprint density at radius 1 is 1.20 bits per heavy atom. The largest absolute Gasteiger partial charge is 0.469 e. The molecule has 0 aromatic rings. The third-order valence-corrected chi connectivity index (χ3v) is 10.2. The normalized spacial score (nSPS) is 46.6. The van der Waals surface area contributed by atoms with Gasteiger partial charge < -0.3 is 9.84 Å². The van der Waals surface area contributed by atoms with E-state index in [-0.39, 0.29) is 40.5 Å². The van der Waals surface area contributed by atoms with E-state index in [0.29, 0.717) is 55.5 Å². The van der Waals surface area contributed by atoms with Gasteiger partial charge in [-0.3, -0.25) is 14.4 Å². The van der Waals surface area contributed by atoms with Crippen LogP contribution >= 0.6 is 0 Å². The van der Waals surface area contributed by atoms with Crippen LogP contribution in [0.4, 0.5) is 0 Å². The number of esters is 1. The molecule has 0 bridgehead atoms. The molecule has 4 aliphatic carbocycles. The van der Waals surface area contributed by atoms with E-state index in [4.69, 9.17) is 4.74 Å². The zero-order valence-corrected chi connectivity index (χ0v) is 19.0. The van der Waals surface area contributed by atoms with Crippen LogP contribution in [0.2, 0.25) is 0 Å². The third-order valence-electron chi connectivity index (χ3n) is 10.2. The minimum absolute atomic E-state index is 0.0105. The summed E-state index contributed by atoms with van der Waals surface area (Å²) in [5, 5.41) is 11.5. The Morgan fingerprint density at radius 2 is 1.93 bits per heavy atom. The molecular weight excluding hydrogens is 380 g/mol. The Balaban J connectivity index is 1.59. The molecule has 0 aromatic heterocycles. The van der Waals surface area contributed by atoms with E-state index in [1.165, 1.54) is 7.11 Å². The highest BCUT2D eigenvalue weighted by molar-refractivity contribution is 5.86. The molecule has 4 saturated carbocycles. The van der Waals surface area contributed by atoms with Gasteiger partial charge in [-0.05, 0) is 67.1 Å². The predicted octanol–water partition coefficient (Wildman–Crippen LogP) is 3.95. The molecule has 4 aliphatic rings. The zero-order chi connectivity index (χ0) is 21.8. The maximum absolute atomic E-state index is 13.4. The minimum atomic E-state index is -0.433. The third kappa shape index (κ3) is 3.18. The number of Topliss-reactive ketones (excluding diaryl/α,β-unsaturated/α-hetero) is 2. The Labute approximate surface area is 180 Å². The summed E-state index contributed by atoms with van der Waals surface area (Å²) in [5.41, 5.74) is -0.288. The number of aliphatic hydroxyl groups is 1. The molecule has 0 aromatic carbocycles. The summed E-state index contributed by atoms with van der Waals surface area (Å²) in [6.45, 7) is 6.68. The number of carbonyl (C=O) groups is 3. The van der Waals surface area contributed by atoms with Crippen molar-refractivity contribution in [3.8, 4) is 0 Å². The molecule has 9 atom stereocenters. The lowest BCUT2D eigenvalue weighted by atomic mass is 9.43. The van der Waals surface area contributed by atoms with Crippen molar-refractivity contribution in [3.05, 3.63) is 0 Å². The van der Waals surface area contributed by atoms with E-state index in [1.54, 1.807) is 0 Å². The van der Waals surface area contributed by atoms with Crippen molar-refractivity contribution in [2.24, 2.45) is 46.3 Å². The van der Waals surface area contributed by atoms with Gasteiger partial charge in [0.1, 0.15) is 11.6 Å². The monoisotopic (exact) mass is 418 g/mol. The van der Waals surface area contributed by atoms with Crippen molar-refractivity contribution in [2.75, 3.05) is 7.11 Å². The fraction of sp³-hybridized carbons (Fsp3) is 0.880. The number of hydrogen-bond donors (Lipinski definition) is 1. The average molecular weight is 419 g/mol. The second kappa shape index (κ2) is 7.72. The number of rotatable bonds is 4. The standard InChI is InChI=1S/C25H38O5/c1-14(5-8-22(29)30-4)17-6-7-18-23-19(13-21(28)25(17,18)3)24(2)10-9-16(26)11-15(24)12-20(23)27/h14-15,17-19,21,23,28H,5-13H2,1-4H3/t14-,15?,17-,18+,19+,21?,23+,24+,25-/m1/s1. The molecule has 168 valence electrons. The van der Waals surface area contributed by atoms with Gasteiger partial charge in [-0.15, -0.1) is 0 Å². The van der Waals surface area contributed by atoms with Gasteiger partial charge in [0.15, 0.2) is 0 Å². The molecule has 5 heteroatoms. The lowest BCUT2D eigenvalue weighted by Gasteiger charge is -2.61. The van der Waals surface area contributed by atoms with E-state index in [0.717, 1.165) is 25.7 Å². The van der Waals surface area contributed by atoms with Crippen LogP contribution in [-0.4, -0.2) is 35.9 Å². The summed E-state index contributed by atoms with van der Waals surface area (Å²) in [6, 6.07) is 0. The van der Waals surface area contributed by atoms with Crippen molar-refractivity contribution in [2.45, 2.75) is 84.7 Å². The smallest absolute Gasteiger partial charge is 0.305 e. The van der Waals surface area contributed by atoms with Crippen LogP contribution in [0.3, 0.4) is 0 Å². The topological polar surface area (TPSA) is 80.7 Å². The molecule has 4 rings (SSSR count). The van der Waals surface area contributed by atoms with Crippen LogP contribution in [0.25, 0.3) is 0 Å². The molecule has 0 radical (unpaired) electrons. The highest BCUT2D eigenvalue weighted by Gasteiger charge is 2.65. The van der Waals surface area contributed by atoms with Gasteiger partial charge in [-0.25, -0.2) is 0 Å². The SMILES string of the molecule is COC(=O)CC[C@@H](C)[C@H]1CC[C@H]2[C@@H]3C(=O)CC4CC(=O)CC[C@]4(C)[C@H]3CC(O)[C@]12C. The summed E-state index contributed by atoms with van der Waals surface area (Å²) in [5.74, 6) is 1.64. The molecule has 0 heterocycles. The maximum atomic E-state index is 13.4. The van der Waals surface area contributed by atoms with Crippen LogP contribution in [-0.2, 0) is 19.1 Å². The predicted molar refractivity (Wildman–Crippen MR) is 112 cm³/mol. The van der Waals surface area contributed by atoms with Crippen LogP contribution < -0.4 is 0 Å². The number of ether oxygens (including phenoxy) is 1. The number of fused-ring (bicyclic) bond motifs is 5. The van der Waals surface area contributed by atoms with Gasteiger partial charge in [0.25, 0.3) is 0 Å². The van der Waals surface area contributed by atoms with Crippen molar-refractivity contribution in [1.29, 1.82) is 0 Å². The van der Waals surface area contributed by atoms with Gasteiger partial charge in [-0.1, -0.05) is 20.8 Å². The van der Waals surface area contributed by atoms with Gasteiger partial charge in [0.2, 0.25) is 0 Å². The summed E-state index contributed by atoms with van der Waals surface area (Å²) >= 11 is 0. The highest BCUT2D eigenvalue weighted by atomic mass is 16.5. The van der Waals surface area contributed by atoms with Crippen LogP contribution in [0.1, 0.15) is 78.6 Å². The van der Waals surface area contributed by atoms with Crippen molar-refractivity contribution in [3.63, 3.8) is 0 Å². The Bertz CT molecular complexity index is 731. The first-order valence-corrected chi connectivity index (χ1v) is 11.9. The number of aliphatic hydroxyl groups excluding tert-OH is 1. The summed E-state index contributed by atoms with van der Waals surface area (Å²) in [4.78, 5) is 37.1. The lowest BCUT2D eigenvalue weighted by Crippen LogP contribution is -2.61. The van der Waals surface area contributed by atoms with Crippen LogP contribution in [0.15, 0.2) is 0 Å². The molecule has 4 fully saturated rings. The van der Waals surface area contributed by atoms with Crippen LogP contribution in [0.5, 0.6) is 0 Å². The van der Waals surface area contributed by atoms with Crippen molar-refractivity contribution < 1.29 is 24.2 Å². The molecule has 2 unspecified atom stereocenters. The molecule has 0 aliphatic heterocycles. The Morgan fingerprint density at radius 3 is 2.63 bits per heavy atom. The average Bonchev–Trinajstić information content (AvgIpc) is 3.06. The summed E-state index contributed by atoms with van der Waals surface area (Å²) < 4.78 is 4.81. The van der Waals surface area contributed by atoms with Crippen molar-refractivity contribution in [1.82, 2.24) is 0 Å². The molecule has 0 saturated heterocycles. The molecule has 1 N–H and O–H groups in total. The Hall–Kier alpha value is -1.23. The van der Waals surface area contributed by atoms with E-state index in [9.17, 15) is 19.5 Å². The van der Waals surface area contributed by atoms with Gasteiger partial charge in [0, 0.05) is 37.0 Å². The number of hydrogen-bond acceptors (Lipinski definition) is 5. The van der Waals surface area contributed by atoms with E-state index in [2.05, 4.69) is 20.8 Å². The maximum Gasteiger partial charge on any atom is 0.305 e. The van der Waals surface area contributed by atoms with Crippen LogP contribution in [0, 0.1) is 46.3 Å². The first kappa shape index (κ1) is 22.0.